The molecular formula is C25H24N4O3S2. The number of rotatable bonds is 6. The highest BCUT2D eigenvalue weighted by molar-refractivity contribution is 7.18. The highest BCUT2D eigenvalue weighted by Gasteiger charge is 2.21. The Morgan fingerprint density at radius 2 is 2.03 bits per heavy atom. The number of hydrogen-bond acceptors (Lipinski definition) is 7. The van der Waals surface area contributed by atoms with E-state index >= 15 is 0 Å². The van der Waals surface area contributed by atoms with Crippen molar-refractivity contribution in [1.29, 1.82) is 0 Å². The number of hydrogen-bond donors (Lipinski definition) is 1. The minimum absolute atomic E-state index is 0.00452. The molecule has 0 unspecified atom stereocenters. The van der Waals surface area contributed by atoms with E-state index in [2.05, 4.69) is 9.88 Å². The van der Waals surface area contributed by atoms with Crippen molar-refractivity contribution in [3.63, 3.8) is 0 Å². The Balaban J connectivity index is 1.20. The quantitative estimate of drug-likeness (QED) is 0.411. The van der Waals surface area contributed by atoms with Gasteiger partial charge in [0.1, 0.15) is 16.4 Å². The SMILES string of the molecule is COc1cccc(C=CC(=O)N2CCN(Cc3nc4scc(-c5cccs5)c4c(=O)[nH]3)CC2)c1. The molecule has 174 valence electrons. The topological polar surface area (TPSA) is 78.5 Å². The van der Waals surface area contributed by atoms with Gasteiger partial charge in [-0.2, -0.15) is 0 Å². The second kappa shape index (κ2) is 9.92. The van der Waals surface area contributed by atoms with Gasteiger partial charge in [-0.25, -0.2) is 4.98 Å². The summed E-state index contributed by atoms with van der Waals surface area (Å²) < 4.78 is 5.23. The molecule has 0 spiro atoms. The second-order valence-electron chi connectivity index (χ2n) is 8.03. The summed E-state index contributed by atoms with van der Waals surface area (Å²) in [7, 11) is 1.62. The van der Waals surface area contributed by atoms with Crippen LogP contribution in [0.5, 0.6) is 5.75 Å². The van der Waals surface area contributed by atoms with Crippen LogP contribution in [0.4, 0.5) is 0 Å². The molecule has 34 heavy (non-hydrogen) atoms. The number of nitrogens with zero attached hydrogens (tertiary/aromatic N) is 3. The van der Waals surface area contributed by atoms with Crippen LogP contribution in [0.25, 0.3) is 26.7 Å². The monoisotopic (exact) mass is 492 g/mol. The van der Waals surface area contributed by atoms with Crippen molar-refractivity contribution in [1.82, 2.24) is 19.8 Å². The number of amides is 1. The normalized spacial score (nSPS) is 14.8. The van der Waals surface area contributed by atoms with E-state index in [1.165, 1.54) is 11.3 Å². The molecule has 0 bridgehead atoms. The summed E-state index contributed by atoms with van der Waals surface area (Å²) in [6.45, 7) is 3.28. The van der Waals surface area contributed by atoms with Crippen molar-refractivity contribution in [2.45, 2.75) is 6.54 Å². The summed E-state index contributed by atoms with van der Waals surface area (Å²) in [5.74, 6) is 1.42. The number of ether oxygens (including phenoxy) is 1. The number of fused-ring (bicyclic) bond motifs is 1. The van der Waals surface area contributed by atoms with Gasteiger partial charge in [-0.3, -0.25) is 14.5 Å². The van der Waals surface area contributed by atoms with Gasteiger partial charge in [0.25, 0.3) is 5.56 Å². The molecule has 1 aromatic carbocycles. The predicted octanol–water partition coefficient (Wildman–Crippen LogP) is 4.08. The molecule has 0 aliphatic carbocycles. The minimum Gasteiger partial charge on any atom is -0.497 e. The summed E-state index contributed by atoms with van der Waals surface area (Å²) in [5.41, 5.74) is 1.78. The number of piperazine rings is 1. The van der Waals surface area contributed by atoms with Gasteiger partial charge < -0.3 is 14.6 Å². The van der Waals surface area contributed by atoms with Crippen molar-refractivity contribution >= 4 is 44.9 Å². The van der Waals surface area contributed by atoms with Gasteiger partial charge in [0.2, 0.25) is 5.91 Å². The van der Waals surface area contributed by atoms with Crippen LogP contribution in [-0.4, -0.2) is 59.0 Å². The van der Waals surface area contributed by atoms with E-state index in [1.807, 2.05) is 58.1 Å². The zero-order valence-electron chi connectivity index (χ0n) is 18.7. The third-order valence-electron chi connectivity index (χ3n) is 5.85. The zero-order chi connectivity index (χ0) is 23.5. The van der Waals surface area contributed by atoms with E-state index in [9.17, 15) is 9.59 Å². The molecule has 0 saturated carbocycles. The molecule has 9 heteroatoms. The highest BCUT2D eigenvalue weighted by Crippen LogP contribution is 2.33. The van der Waals surface area contributed by atoms with Crippen LogP contribution >= 0.6 is 22.7 Å². The van der Waals surface area contributed by atoms with Crippen LogP contribution < -0.4 is 10.3 Å². The maximum Gasteiger partial charge on any atom is 0.260 e. The Bertz CT molecular complexity index is 1380. The molecule has 3 aromatic heterocycles. The average Bonchev–Trinajstić information content (AvgIpc) is 3.53. The fraction of sp³-hybridized carbons (Fsp3) is 0.240. The fourth-order valence-electron chi connectivity index (χ4n) is 4.04. The Kier molecular flexibility index (Phi) is 6.57. The number of benzene rings is 1. The lowest BCUT2D eigenvalue weighted by Gasteiger charge is -2.33. The molecule has 0 radical (unpaired) electrons. The summed E-state index contributed by atoms with van der Waals surface area (Å²) >= 11 is 3.12. The lowest BCUT2D eigenvalue weighted by atomic mass is 10.2. The molecule has 7 nitrogen and oxygen atoms in total. The van der Waals surface area contributed by atoms with Crippen LogP contribution in [0.3, 0.4) is 0 Å². The maximum atomic E-state index is 12.8. The first-order valence-electron chi connectivity index (χ1n) is 11.0. The number of nitrogens with one attached hydrogen (secondary N) is 1. The van der Waals surface area contributed by atoms with Crippen molar-refractivity contribution in [3.05, 3.63) is 75.0 Å². The van der Waals surface area contributed by atoms with E-state index in [4.69, 9.17) is 9.72 Å². The zero-order valence-corrected chi connectivity index (χ0v) is 20.3. The van der Waals surface area contributed by atoms with Crippen LogP contribution in [0.15, 0.2) is 58.0 Å². The van der Waals surface area contributed by atoms with Crippen molar-refractivity contribution in [3.8, 4) is 16.2 Å². The van der Waals surface area contributed by atoms with Crippen LogP contribution in [0, 0.1) is 0 Å². The van der Waals surface area contributed by atoms with Gasteiger partial charge in [0.15, 0.2) is 0 Å². The summed E-state index contributed by atoms with van der Waals surface area (Å²) in [5, 5.41) is 4.68. The number of carbonyl (C=O) groups is 1. The van der Waals surface area contributed by atoms with Gasteiger partial charge in [0, 0.05) is 48.1 Å². The Hall–Kier alpha value is -3.27. The third kappa shape index (κ3) is 4.82. The molecule has 1 fully saturated rings. The van der Waals surface area contributed by atoms with Crippen LogP contribution in [0.2, 0.25) is 0 Å². The first-order chi connectivity index (χ1) is 16.6. The smallest absolute Gasteiger partial charge is 0.260 e. The van der Waals surface area contributed by atoms with Gasteiger partial charge in [0.05, 0.1) is 19.0 Å². The maximum absolute atomic E-state index is 12.8. The molecule has 5 rings (SSSR count). The predicted molar refractivity (Wildman–Crippen MR) is 137 cm³/mol. The van der Waals surface area contributed by atoms with Crippen LogP contribution in [-0.2, 0) is 11.3 Å². The van der Waals surface area contributed by atoms with E-state index < -0.39 is 0 Å². The van der Waals surface area contributed by atoms with E-state index in [0.717, 1.165) is 39.7 Å². The largest absolute Gasteiger partial charge is 0.497 e. The second-order valence-corrected chi connectivity index (χ2v) is 9.84. The van der Waals surface area contributed by atoms with E-state index in [0.29, 0.717) is 30.8 Å². The van der Waals surface area contributed by atoms with Gasteiger partial charge >= 0.3 is 0 Å². The van der Waals surface area contributed by atoms with Gasteiger partial charge in [-0.1, -0.05) is 18.2 Å². The molecule has 0 atom stereocenters. The number of methoxy groups -OCH3 is 1. The fourth-order valence-corrected chi connectivity index (χ4v) is 5.82. The molecule has 1 aliphatic heterocycles. The summed E-state index contributed by atoms with van der Waals surface area (Å²) in [6, 6.07) is 11.6. The van der Waals surface area contributed by atoms with E-state index in [1.54, 1.807) is 24.5 Å². The Labute approximate surface area is 204 Å². The summed E-state index contributed by atoms with van der Waals surface area (Å²) in [4.78, 5) is 39.0. The van der Waals surface area contributed by atoms with E-state index in [-0.39, 0.29) is 11.5 Å². The molecule has 1 aliphatic rings. The molecule has 1 saturated heterocycles. The number of thiophene rings is 2. The molecule has 1 N–H and O–H groups in total. The Morgan fingerprint density at radius 1 is 1.18 bits per heavy atom. The third-order valence-corrected chi connectivity index (χ3v) is 7.62. The standard InChI is InChI=1S/C25H24N4O3S2/c1-32-18-5-2-4-17(14-18)7-8-22(30)29-11-9-28(10-12-29)15-21-26-24(31)23-19(16-34-25(23)27-21)20-6-3-13-33-20/h2-8,13-14,16H,9-12,15H2,1H3,(H,26,27,31). The molecule has 4 aromatic rings. The lowest BCUT2D eigenvalue weighted by molar-refractivity contribution is -0.127. The first kappa shape index (κ1) is 22.5. The highest BCUT2D eigenvalue weighted by atomic mass is 32.1. The lowest BCUT2D eigenvalue weighted by Crippen LogP contribution is -2.48. The first-order valence-corrected chi connectivity index (χ1v) is 12.7. The Morgan fingerprint density at radius 3 is 2.79 bits per heavy atom. The number of H-pyrrole nitrogens is 1. The molecule has 4 heterocycles. The molecular weight excluding hydrogens is 468 g/mol. The number of aromatic amines is 1. The van der Waals surface area contributed by atoms with Crippen LogP contribution in [0.1, 0.15) is 11.4 Å². The summed E-state index contributed by atoms with van der Waals surface area (Å²) in [6.07, 6.45) is 3.42. The van der Waals surface area contributed by atoms with Crippen molar-refractivity contribution < 1.29 is 9.53 Å². The number of aromatic nitrogens is 2. The molecule has 1 amide bonds. The van der Waals surface area contributed by atoms with Gasteiger partial charge in [-0.15, -0.1) is 22.7 Å². The average molecular weight is 493 g/mol. The van der Waals surface area contributed by atoms with Crippen molar-refractivity contribution in [2.75, 3.05) is 33.3 Å². The minimum atomic E-state index is -0.0962. The van der Waals surface area contributed by atoms with Crippen molar-refractivity contribution in [2.24, 2.45) is 0 Å². The number of carbonyl (C=O) groups excluding carboxylic acids is 1. The van der Waals surface area contributed by atoms with Gasteiger partial charge in [-0.05, 0) is 35.2 Å².